The summed E-state index contributed by atoms with van der Waals surface area (Å²) in [4.78, 5) is 2.45. The molecule has 3 rings (SSSR count). The molecular weight excluding hydrogens is 262 g/mol. The van der Waals surface area contributed by atoms with Crippen molar-refractivity contribution in [2.45, 2.75) is 19.4 Å². The summed E-state index contributed by atoms with van der Waals surface area (Å²) in [5.74, 6) is 0. The predicted molar refractivity (Wildman–Crippen MR) is 82.3 cm³/mol. The van der Waals surface area contributed by atoms with Crippen LogP contribution in [0, 0.1) is 11.3 Å². The number of likely N-dealkylation sites (tertiary alicyclic amines) is 1. The molecule has 0 atom stereocenters. The maximum absolute atomic E-state index is 9.11. The molecule has 1 saturated heterocycles. The van der Waals surface area contributed by atoms with Crippen LogP contribution in [0.5, 0.6) is 0 Å². The molecule has 0 bridgehead atoms. The molecule has 108 valence electrons. The molecular formula is C16H19N5. The van der Waals surface area contributed by atoms with Gasteiger partial charge >= 0.3 is 0 Å². The van der Waals surface area contributed by atoms with E-state index in [1.54, 1.807) is 0 Å². The van der Waals surface area contributed by atoms with Crippen LogP contribution in [-0.2, 0) is 6.54 Å². The Bertz CT molecular complexity index is 662. The van der Waals surface area contributed by atoms with Crippen molar-refractivity contribution in [3.05, 3.63) is 41.7 Å². The van der Waals surface area contributed by atoms with E-state index in [0.29, 0.717) is 5.56 Å². The van der Waals surface area contributed by atoms with Crippen molar-refractivity contribution >= 4 is 5.69 Å². The summed E-state index contributed by atoms with van der Waals surface area (Å²) < 4.78 is 1.84. The second-order valence-electron chi connectivity index (χ2n) is 5.41. The third-order valence-corrected chi connectivity index (χ3v) is 3.84. The number of nitrogens with one attached hydrogen (secondary N) is 1. The van der Waals surface area contributed by atoms with Crippen LogP contribution >= 0.6 is 0 Å². The third kappa shape index (κ3) is 3.06. The summed E-state index contributed by atoms with van der Waals surface area (Å²) in [5, 5.41) is 16.6. The molecule has 1 aromatic heterocycles. The fourth-order valence-corrected chi connectivity index (χ4v) is 2.73. The van der Waals surface area contributed by atoms with E-state index < -0.39 is 0 Å². The number of benzene rings is 1. The molecule has 0 unspecified atom stereocenters. The van der Waals surface area contributed by atoms with E-state index in [9.17, 15) is 0 Å². The van der Waals surface area contributed by atoms with Crippen molar-refractivity contribution in [2.75, 3.05) is 25.5 Å². The molecule has 1 fully saturated rings. The Morgan fingerprint density at radius 1 is 1.29 bits per heavy atom. The van der Waals surface area contributed by atoms with Crippen LogP contribution in [0.1, 0.15) is 24.0 Å². The normalized spacial score (nSPS) is 15.0. The standard InChI is InChI=1S/C16H19N5/c1-18-15-6-13(9-17)7-16(8-15)21-12-14(10-19-21)11-20-4-2-3-5-20/h6-8,10,12,18H,2-5,11H2,1H3. The quantitative estimate of drug-likeness (QED) is 0.935. The fraction of sp³-hybridized carbons (Fsp3) is 0.375. The van der Waals surface area contributed by atoms with Crippen LogP contribution in [0.15, 0.2) is 30.6 Å². The lowest BCUT2D eigenvalue weighted by Gasteiger charge is -2.12. The molecule has 1 aliphatic heterocycles. The monoisotopic (exact) mass is 281 g/mol. The summed E-state index contributed by atoms with van der Waals surface area (Å²) in [7, 11) is 1.85. The number of anilines is 1. The third-order valence-electron chi connectivity index (χ3n) is 3.84. The molecule has 21 heavy (non-hydrogen) atoms. The van der Waals surface area contributed by atoms with Gasteiger partial charge < -0.3 is 5.32 Å². The van der Waals surface area contributed by atoms with Crippen molar-refractivity contribution < 1.29 is 0 Å². The number of aromatic nitrogens is 2. The van der Waals surface area contributed by atoms with Gasteiger partial charge in [0.15, 0.2) is 0 Å². The molecule has 1 N–H and O–H groups in total. The zero-order valence-electron chi connectivity index (χ0n) is 12.2. The van der Waals surface area contributed by atoms with Crippen LogP contribution in [0.4, 0.5) is 5.69 Å². The maximum Gasteiger partial charge on any atom is 0.0993 e. The number of nitriles is 1. The molecule has 0 saturated carbocycles. The first kappa shape index (κ1) is 13.7. The Hall–Kier alpha value is -2.32. The molecule has 1 aliphatic rings. The van der Waals surface area contributed by atoms with E-state index >= 15 is 0 Å². The summed E-state index contributed by atoms with van der Waals surface area (Å²) in [6, 6.07) is 7.87. The first-order valence-electron chi connectivity index (χ1n) is 7.28. The van der Waals surface area contributed by atoms with Crippen molar-refractivity contribution in [2.24, 2.45) is 0 Å². The van der Waals surface area contributed by atoms with Gasteiger partial charge in [-0.15, -0.1) is 0 Å². The summed E-state index contributed by atoms with van der Waals surface area (Å²) >= 11 is 0. The van der Waals surface area contributed by atoms with Gasteiger partial charge in [0.1, 0.15) is 0 Å². The molecule has 2 aromatic rings. The first-order chi connectivity index (χ1) is 10.3. The summed E-state index contributed by atoms with van der Waals surface area (Å²) in [5.41, 5.74) is 3.67. The molecule has 1 aromatic carbocycles. The SMILES string of the molecule is CNc1cc(C#N)cc(-n2cc(CN3CCCC3)cn2)c1. The zero-order valence-corrected chi connectivity index (χ0v) is 12.2. The molecule has 5 heteroatoms. The second-order valence-corrected chi connectivity index (χ2v) is 5.41. The van der Waals surface area contributed by atoms with Gasteiger partial charge in [-0.2, -0.15) is 10.4 Å². The predicted octanol–water partition coefficient (Wildman–Crippen LogP) is 2.38. The molecule has 0 aliphatic carbocycles. The molecule has 5 nitrogen and oxygen atoms in total. The van der Waals surface area contributed by atoms with Crippen LogP contribution in [0.2, 0.25) is 0 Å². The lowest BCUT2D eigenvalue weighted by atomic mass is 10.2. The summed E-state index contributed by atoms with van der Waals surface area (Å²) in [6.45, 7) is 3.31. The van der Waals surface area contributed by atoms with Crippen molar-refractivity contribution in [1.29, 1.82) is 5.26 Å². The van der Waals surface area contributed by atoms with Crippen LogP contribution in [0.25, 0.3) is 5.69 Å². The molecule has 0 spiro atoms. The van der Waals surface area contributed by atoms with Crippen molar-refractivity contribution in [1.82, 2.24) is 14.7 Å². The first-order valence-corrected chi connectivity index (χ1v) is 7.28. The van der Waals surface area contributed by atoms with E-state index in [0.717, 1.165) is 17.9 Å². The Labute approximate surface area is 124 Å². The molecule has 0 radical (unpaired) electrons. The van der Waals surface area contributed by atoms with Gasteiger partial charge in [0.05, 0.1) is 23.5 Å². The minimum atomic E-state index is 0.633. The summed E-state index contributed by atoms with van der Waals surface area (Å²) in [6.07, 6.45) is 6.55. The van der Waals surface area contributed by atoms with Crippen LogP contribution < -0.4 is 5.32 Å². The average Bonchev–Trinajstić information content (AvgIpc) is 3.19. The van der Waals surface area contributed by atoms with E-state index in [-0.39, 0.29) is 0 Å². The van der Waals surface area contributed by atoms with Crippen molar-refractivity contribution in [3.63, 3.8) is 0 Å². The number of hydrogen-bond acceptors (Lipinski definition) is 4. The highest BCUT2D eigenvalue weighted by Crippen LogP contribution is 2.19. The number of rotatable bonds is 4. The second kappa shape index (κ2) is 5.98. The Morgan fingerprint density at radius 3 is 2.81 bits per heavy atom. The van der Waals surface area contributed by atoms with Crippen molar-refractivity contribution in [3.8, 4) is 11.8 Å². The maximum atomic E-state index is 9.11. The largest absolute Gasteiger partial charge is 0.388 e. The minimum Gasteiger partial charge on any atom is -0.388 e. The smallest absolute Gasteiger partial charge is 0.0993 e. The highest BCUT2D eigenvalue weighted by Gasteiger charge is 2.13. The fourth-order valence-electron chi connectivity index (χ4n) is 2.73. The van der Waals surface area contributed by atoms with Gasteiger partial charge in [0, 0.05) is 31.0 Å². The number of hydrogen-bond donors (Lipinski definition) is 1. The Kier molecular flexibility index (Phi) is 3.89. The van der Waals surface area contributed by atoms with Gasteiger partial charge in [-0.05, 0) is 44.1 Å². The Morgan fingerprint density at radius 2 is 2.10 bits per heavy atom. The van der Waals surface area contributed by atoms with Gasteiger partial charge in [-0.1, -0.05) is 0 Å². The topological polar surface area (TPSA) is 56.9 Å². The van der Waals surface area contributed by atoms with E-state index in [1.165, 1.54) is 31.5 Å². The van der Waals surface area contributed by atoms with Crippen LogP contribution in [-0.4, -0.2) is 34.8 Å². The zero-order chi connectivity index (χ0) is 14.7. The molecule has 2 heterocycles. The van der Waals surface area contributed by atoms with E-state index in [2.05, 4.69) is 21.4 Å². The van der Waals surface area contributed by atoms with Gasteiger partial charge in [0.2, 0.25) is 0 Å². The highest BCUT2D eigenvalue weighted by molar-refractivity contribution is 5.56. The van der Waals surface area contributed by atoms with Gasteiger partial charge in [-0.25, -0.2) is 4.68 Å². The van der Waals surface area contributed by atoms with Crippen LogP contribution in [0.3, 0.4) is 0 Å². The number of nitrogens with zero attached hydrogens (tertiary/aromatic N) is 4. The highest BCUT2D eigenvalue weighted by atomic mass is 15.3. The molecule has 0 amide bonds. The van der Waals surface area contributed by atoms with Gasteiger partial charge in [0.25, 0.3) is 0 Å². The lowest BCUT2D eigenvalue weighted by Crippen LogP contribution is -2.17. The van der Waals surface area contributed by atoms with E-state index in [1.807, 2.05) is 42.3 Å². The minimum absolute atomic E-state index is 0.633. The lowest BCUT2D eigenvalue weighted by molar-refractivity contribution is 0.331. The average molecular weight is 281 g/mol. The Balaban J connectivity index is 1.83. The van der Waals surface area contributed by atoms with Gasteiger partial charge in [-0.3, -0.25) is 4.90 Å². The van der Waals surface area contributed by atoms with E-state index in [4.69, 9.17) is 5.26 Å².